The van der Waals surface area contributed by atoms with Gasteiger partial charge in [-0.1, -0.05) is 11.6 Å². The Morgan fingerprint density at radius 3 is 3.06 bits per heavy atom. The first-order valence-electron chi connectivity index (χ1n) is 5.22. The lowest BCUT2D eigenvalue weighted by molar-refractivity contribution is 0.211. The van der Waals surface area contributed by atoms with Crippen LogP contribution in [-0.4, -0.2) is 29.6 Å². The second-order valence-corrected chi connectivity index (χ2v) is 4.63. The standard InChI is InChI=1S/C11H11ClFN3OS/c1-17-5-4-14-11-15-10(16-18-11)8-3-2-7(13)6-9(8)12/h2-3,6H,4-5H2,1H3,(H,14,15,16). The Balaban J connectivity index is 2.13. The molecule has 2 aromatic rings. The normalized spacial score (nSPS) is 10.6. The van der Waals surface area contributed by atoms with Crippen molar-refractivity contribution in [3.8, 4) is 11.4 Å². The zero-order chi connectivity index (χ0) is 13.0. The minimum atomic E-state index is -0.377. The molecule has 0 amide bonds. The van der Waals surface area contributed by atoms with Gasteiger partial charge in [0.1, 0.15) is 5.82 Å². The number of methoxy groups -OCH3 is 1. The van der Waals surface area contributed by atoms with Crippen LogP contribution >= 0.6 is 23.1 Å². The third kappa shape index (κ3) is 3.16. The van der Waals surface area contributed by atoms with E-state index in [9.17, 15) is 4.39 Å². The summed E-state index contributed by atoms with van der Waals surface area (Å²) < 4.78 is 22.0. The van der Waals surface area contributed by atoms with Crippen molar-refractivity contribution in [1.82, 2.24) is 9.36 Å². The molecule has 2 rings (SSSR count). The predicted molar refractivity (Wildman–Crippen MR) is 70.7 cm³/mol. The molecule has 1 aromatic heterocycles. The van der Waals surface area contributed by atoms with Crippen LogP contribution in [0.4, 0.5) is 9.52 Å². The van der Waals surface area contributed by atoms with Gasteiger partial charge in [0.05, 0.1) is 11.6 Å². The minimum absolute atomic E-state index is 0.302. The molecule has 18 heavy (non-hydrogen) atoms. The third-order valence-corrected chi connectivity index (χ3v) is 3.17. The van der Waals surface area contributed by atoms with Gasteiger partial charge in [0.15, 0.2) is 5.82 Å². The van der Waals surface area contributed by atoms with Crippen LogP contribution in [0, 0.1) is 5.82 Å². The fraction of sp³-hybridized carbons (Fsp3) is 0.273. The molecule has 0 aliphatic carbocycles. The van der Waals surface area contributed by atoms with E-state index in [1.54, 1.807) is 13.2 Å². The Bertz CT molecular complexity index is 535. The van der Waals surface area contributed by atoms with E-state index in [1.807, 2.05) is 0 Å². The molecule has 0 unspecified atom stereocenters. The molecule has 1 aromatic carbocycles. The fourth-order valence-electron chi connectivity index (χ4n) is 1.34. The van der Waals surface area contributed by atoms with Crippen LogP contribution in [0.15, 0.2) is 18.2 Å². The van der Waals surface area contributed by atoms with Crippen LogP contribution in [0.1, 0.15) is 0 Å². The number of nitrogens with one attached hydrogen (secondary N) is 1. The van der Waals surface area contributed by atoms with Crippen molar-refractivity contribution in [3.63, 3.8) is 0 Å². The van der Waals surface area contributed by atoms with Crippen LogP contribution in [0.3, 0.4) is 0 Å². The first-order chi connectivity index (χ1) is 8.70. The molecule has 0 saturated carbocycles. The van der Waals surface area contributed by atoms with E-state index in [-0.39, 0.29) is 5.82 Å². The summed E-state index contributed by atoms with van der Waals surface area (Å²) in [5.41, 5.74) is 0.620. The first-order valence-corrected chi connectivity index (χ1v) is 6.38. The maximum atomic E-state index is 12.9. The number of ether oxygens (including phenoxy) is 1. The van der Waals surface area contributed by atoms with E-state index in [0.29, 0.717) is 34.7 Å². The quantitative estimate of drug-likeness (QED) is 0.859. The average Bonchev–Trinajstić information content (AvgIpc) is 2.78. The van der Waals surface area contributed by atoms with Crippen LogP contribution in [-0.2, 0) is 4.74 Å². The number of benzene rings is 1. The zero-order valence-electron chi connectivity index (χ0n) is 9.61. The van der Waals surface area contributed by atoms with Gasteiger partial charge < -0.3 is 10.1 Å². The van der Waals surface area contributed by atoms with Crippen molar-refractivity contribution in [2.45, 2.75) is 0 Å². The topological polar surface area (TPSA) is 47.0 Å². The van der Waals surface area contributed by atoms with Gasteiger partial charge in [-0.15, -0.1) is 0 Å². The van der Waals surface area contributed by atoms with Crippen molar-refractivity contribution in [2.24, 2.45) is 0 Å². The summed E-state index contributed by atoms with van der Waals surface area (Å²) in [7, 11) is 1.63. The first kappa shape index (κ1) is 13.2. The molecule has 0 fully saturated rings. The van der Waals surface area contributed by atoms with Crippen molar-refractivity contribution >= 4 is 28.3 Å². The third-order valence-electron chi connectivity index (χ3n) is 2.18. The fourth-order valence-corrected chi connectivity index (χ4v) is 2.19. The van der Waals surface area contributed by atoms with Crippen LogP contribution in [0.2, 0.25) is 5.02 Å². The smallest absolute Gasteiger partial charge is 0.202 e. The number of halogens is 2. The molecule has 0 spiro atoms. The van der Waals surface area contributed by atoms with Gasteiger partial charge in [-0.2, -0.15) is 9.36 Å². The zero-order valence-corrected chi connectivity index (χ0v) is 11.2. The Hall–Kier alpha value is -1.24. The van der Waals surface area contributed by atoms with Gasteiger partial charge in [-0.3, -0.25) is 0 Å². The summed E-state index contributed by atoms with van der Waals surface area (Å²) >= 11 is 7.17. The van der Waals surface area contributed by atoms with E-state index < -0.39 is 0 Å². The van der Waals surface area contributed by atoms with E-state index in [4.69, 9.17) is 16.3 Å². The molecule has 96 valence electrons. The summed E-state index contributed by atoms with van der Waals surface area (Å²) in [5, 5.41) is 4.05. The lowest BCUT2D eigenvalue weighted by atomic mass is 10.2. The monoisotopic (exact) mass is 287 g/mol. The molecule has 0 aliphatic heterocycles. The second-order valence-electron chi connectivity index (χ2n) is 3.47. The van der Waals surface area contributed by atoms with E-state index in [1.165, 1.54) is 23.7 Å². The Kier molecular flexibility index (Phi) is 4.46. The van der Waals surface area contributed by atoms with Crippen molar-refractivity contribution in [2.75, 3.05) is 25.6 Å². The highest BCUT2D eigenvalue weighted by atomic mass is 35.5. The van der Waals surface area contributed by atoms with Crippen LogP contribution in [0.25, 0.3) is 11.4 Å². The molecular weight excluding hydrogens is 277 g/mol. The molecule has 7 heteroatoms. The average molecular weight is 288 g/mol. The summed E-state index contributed by atoms with van der Waals surface area (Å²) in [5.74, 6) is 0.113. The highest BCUT2D eigenvalue weighted by Crippen LogP contribution is 2.28. The van der Waals surface area contributed by atoms with Gasteiger partial charge in [0, 0.05) is 30.8 Å². The Morgan fingerprint density at radius 1 is 1.50 bits per heavy atom. The van der Waals surface area contributed by atoms with E-state index >= 15 is 0 Å². The molecule has 0 bridgehead atoms. The van der Waals surface area contributed by atoms with Crippen molar-refractivity contribution in [3.05, 3.63) is 29.0 Å². The molecule has 1 N–H and O–H groups in total. The molecule has 0 radical (unpaired) electrons. The SMILES string of the molecule is COCCNc1nc(-c2ccc(F)cc2Cl)ns1. The van der Waals surface area contributed by atoms with Gasteiger partial charge in [-0.05, 0) is 18.2 Å². The number of aromatic nitrogens is 2. The molecule has 0 aliphatic rings. The van der Waals surface area contributed by atoms with Crippen molar-refractivity contribution < 1.29 is 9.13 Å². The van der Waals surface area contributed by atoms with Gasteiger partial charge in [0.2, 0.25) is 5.13 Å². The number of hydrogen-bond donors (Lipinski definition) is 1. The Morgan fingerprint density at radius 2 is 2.33 bits per heavy atom. The molecule has 0 atom stereocenters. The van der Waals surface area contributed by atoms with Crippen molar-refractivity contribution in [1.29, 1.82) is 0 Å². The molecule has 0 saturated heterocycles. The van der Waals surface area contributed by atoms with Gasteiger partial charge in [0.25, 0.3) is 0 Å². The highest BCUT2D eigenvalue weighted by molar-refractivity contribution is 7.09. The molecule has 4 nitrogen and oxygen atoms in total. The second kappa shape index (κ2) is 6.08. The van der Waals surface area contributed by atoms with E-state index in [2.05, 4.69) is 14.7 Å². The summed E-state index contributed by atoms with van der Waals surface area (Å²) in [6, 6.07) is 4.15. The van der Waals surface area contributed by atoms with Crippen LogP contribution < -0.4 is 5.32 Å². The van der Waals surface area contributed by atoms with E-state index in [0.717, 1.165) is 0 Å². The largest absolute Gasteiger partial charge is 0.383 e. The number of hydrogen-bond acceptors (Lipinski definition) is 5. The lowest BCUT2D eigenvalue weighted by Gasteiger charge is -2.00. The number of anilines is 1. The van der Waals surface area contributed by atoms with Gasteiger partial charge >= 0.3 is 0 Å². The summed E-state index contributed by atoms with van der Waals surface area (Å²) in [6.45, 7) is 1.24. The highest BCUT2D eigenvalue weighted by Gasteiger charge is 2.10. The molecular formula is C11H11ClFN3OS. The maximum Gasteiger partial charge on any atom is 0.202 e. The lowest BCUT2D eigenvalue weighted by Crippen LogP contribution is -2.07. The van der Waals surface area contributed by atoms with Gasteiger partial charge in [-0.25, -0.2) is 4.39 Å². The Labute approximate surface area is 113 Å². The minimum Gasteiger partial charge on any atom is -0.383 e. The summed E-state index contributed by atoms with van der Waals surface area (Å²) in [6.07, 6.45) is 0. The maximum absolute atomic E-state index is 12.9. The predicted octanol–water partition coefficient (Wildman–Crippen LogP) is 3.06. The van der Waals surface area contributed by atoms with Crippen LogP contribution in [0.5, 0.6) is 0 Å². The number of rotatable bonds is 5. The molecule has 1 heterocycles. The summed E-state index contributed by atoms with van der Waals surface area (Å²) in [4.78, 5) is 4.28. The number of nitrogens with zero attached hydrogens (tertiary/aromatic N) is 2.